The predicted molar refractivity (Wildman–Crippen MR) is 37.9 cm³/mol. The molecule has 56 valence electrons. The van der Waals surface area contributed by atoms with Crippen LogP contribution in [0.4, 0.5) is 0 Å². The Bertz CT molecular complexity index is 265. The van der Waals surface area contributed by atoms with Crippen molar-refractivity contribution in [1.82, 2.24) is 0 Å². The molecule has 0 amide bonds. The molecule has 0 bridgehead atoms. The van der Waals surface area contributed by atoms with Crippen LogP contribution in [0.3, 0.4) is 0 Å². The van der Waals surface area contributed by atoms with Crippen molar-refractivity contribution in [2.24, 2.45) is 5.11 Å². The summed E-state index contributed by atoms with van der Waals surface area (Å²) in [4.78, 5) is 2.26. The topological polar surface area (TPSA) is 82.9 Å². The first-order valence-corrected chi connectivity index (χ1v) is 4.50. The molecule has 5 nitrogen and oxygen atoms in total. The van der Waals surface area contributed by atoms with Crippen molar-refractivity contribution < 1.29 is 8.42 Å². The first-order chi connectivity index (χ1) is 4.52. The fourth-order valence-electron chi connectivity index (χ4n) is 0.269. The van der Waals surface area contributed by atoms with E-state index in [1.165, 1.54) is 0 Å². The van der Waals surface area contributed by atoms with E-state index < -0.39 is 14.4 Å². The van der Waals surface area contributed by atoms with Gasteiger partial charge in [0.2, 0.25) is 9.05 Å². The molecule has 0 aromatic heterocycles. The molecule has 10 heavy (non-hydrogen) atoms. The second kappa shape index (κ2) is 3.46. The Kier molecular flexibility index (Phi) is 3.21. The van der Waals surface area contributed by atoms with Crippen molar-refractivity contribution >= 4 is 19.7 Å². The van der Waals surface area contributed by atoms with Crippen LogP contribution in [0.2, 0.25) is 0 Å². The van der Waals surface area contributed by atoms with Gasteiger partial charge < -0.3 is 0 Å². The third-order valence-corrected chi connectivity index (χ3v) is 2.07. The smallest absolute Gasteiger partial charge is 0.211 e. The van der Waals surface area contributed by atoms with Crippen molar-refractivity contribution in [2.75, 3.05) is 0 Å². The van der Waals surface area contributed by atoms with E-state index in [-0.39, 0.29) is 0 Å². The van der Waals surface area contributed by atoms with Crippen molar-refractivity contribution in [2.45, 2.75) is 5.37 Å². The molecule has 0 aromatic rings. The minimum atomic E-state index is -3.84. The van der Waals surface area contributed by atoms with Crippen LogP contribution in [0.1, 0.15) is 0 Å². The van der Waals surface area contributed by atoms with Crippen LogP contribution < -0.4 is 0 Å². The summed E-state index contributed by atoms with van der Waals surface area (Å²) in [5, 5.41) is 1.48. The van der Waals surface area contributed by atoms with Crippen LogP contribution in [0.5, 0.6) is 0 Å². The molecule has 0 heterocycles. The van der Waals surface area contributed by atoms with E-state index in [9.17, 15) is 8.42 Å². The van der Waals surface area contributed by atoms with Crippen LogP contribution in [-0.4, -0.2) is 13.8 Å². The Morgan fingerprint density at radius 1 is 1.80 bits per heavy atom. The molecule has 0 aliphatic carbocycles. The third kappa shape index (κ3) is 2.72. The highest BCUT2D eigenvalue weighted by Crippen LogP contribution is 2.09. The molecule has 7 heteroatoms. The highest BCUT2D eigenvalue weighted by molar-refractivity contribution is 8.14. The Labute approximate surface area is 62.3 Å². The second-order valence-electron chi connectivity index (χ2n) is 1.31. The lowest BCUT2D eigenvalue weighted by molar-refractivity contribution is 0.603. The van der Waals surface area contributed by atoms with Crippen LogP contribution in [-0.2, 0) is 9.05 Å². The largest absolute Gasteiger partial charge is 0.244 e. The zero-order chi connectivity index (χ0) is 8.20. The molecule has 0 rings (SSSR count). The summed E-state index contributed by atoms with van der Waals surface area (Å²) in [5.41, 5.74) is 7.82. The van der Waals surface area contributed by atoms with E-state index in [1.807, 2.05) is 0 Å². The van der Waals surface area contributed by atoms with E-state index in [0.717, 1.165) is 6.08 Å². The van der Waals surface area contributed by atoms with Gasteiger partial charge in [-0.2, -0.15) is 0 Å². The Morgan fingerprint density at radius 2 is 2.30 bits per heavy atom. The number of halogens is 1. The van der Waals surface area contributed by atoms with Gasteiger partial charge in [0, 0.05) is 15.6 Å². The van der Waals surface area contributed by atoms with Gasteiger partial charge in [0.1, 0.15) is 0 Å². The molecule has 0 saturated heterocycles. The zero-order valence-electron chi connectivity index (χ0n) is 4.81. The maximum absolute atomic E-state index is 10.4. The van der Waals surface area contributed by atoms with Gasteiger partial charge in [-0.05, 0) is 5.53 Å². The molecule has 0 aromatic carbocycles. The summed E-state index contributed by atoms with van der Waals surface area (Å²) in [6, 6.07) is 0. The summed E-state index contributed by atoms with van der Waals surface area (Å²) < 4.78 is 20.8. The predicted octanol–water partition coefficient (Wildman–Crippen LogP) is 1.38. The fourth-order valence-corrected chi connectivity index (χ4v) is 0.979. The molecule has 1 unspecified atom stereocenters. The molecule has 0 aliphatic rings. The normalized spacial score (nSPS) is 13.3. The average molecular weight is 182 g/mol. The maximum Gasteiger partial charge on any atom is 0.244 e. The summed E-state index contributed by atoms with van der Waals surface area (Å²) >= 11 is 0. The summed E-state index contributed by atoms with van der Waals surface area (Å²) in [6.45, 7) is 3.12. The molecule has 0 spiro atoms. The quantitative estimate of drug-likeness (QED) is 0.217. The number of azide groups is 1. The SMILES string of the molecule is C=CC(N=[N+]=[N-])S(=O)(=O)Cl. The highest BCUT2D eigenvalue weighted by atomic mass is 35.7. The average Bonchev–Trinajstić information content (AvgIpc) is 1.80. The lowest BCUT2D eigenvalue weighted by Crippen LogP contribution is -2.07. The summed E-state index contributed by atoms with van der Waals surface area (Å²) in [7, 11) is 0.971. The second-order valence-corrected chi connectivity index (χ2v) is 4.03. The highest BCUT2D eigenvalue weighted by Gasteiger charge is 2.16. The Balaban J connectivity index is 4.70. The Morgan fingerprint density at radius 3 is 2.40 bits per heavy atom. The molecule has 0 saturated carbocycles. The molecular formula is C3H4ClN3O2S. The van der Waals surface area contributed by atoms with Crippen molar-refractivity contribution in [1.29, 1.82) is 0 Å². The first-order valence-electron chi connectivity index (χ1n) is 2.12. The van der Waals surface area contributed by atoms with Gasteiger partial charge in [-0.1, -0.05) is 11.2 Å². The van der Waals surface area contributed by atoms with Crippen LogP contribution in [0, 0.1) is 0 Å². The fraction of sp³-hybridized carbons (Fsp3) is 0.333. The standard InChI is InChI=1S/C3H4ClN3O2S/c1-2-3(6-7-5)10(4,8)9/h2-3H,1H2. The lowest BCUT2D eigenvalue weighted by atomic mass is 10.6. The third-order valence-electron chi connectivity index (χ3n) is 0.656. The zero-order valence-corrected chi connectivity index (χ0v) is 6.38. The number of hydrogen-bond acceptors (Lipinski definition) is 3. The minimum absolute atomic E-state index is 0.946. The van der Waals surface area contributed by atoms with Gasteiger partial charge in [-0.15, -0.1) is 6.58 Å². The van der Waals surface area contributed by atoms with Crippen LogP contribution in [0.15, 0.2) is 17.8 Å². The van der Waals surface area contributed by atoms with Gasteiger partial charge >= 0.3 is 0 Å². The van der Waals surface area contributed by atoms with Crippen LogP contribution in [0.25, 0.3) is 10.4 Å². The molecule has 0 N–H and O–H groups in total. The van der Waals surface area contributed by atoms with Gasteiger partial charge in [0.25, 0.3) is 0 Å². The van der Waals surface area contributed by atoms with Gasteiger partial charge in [0.15, 0.2) is 5.37 Å². The monoisotopic (exact) mass is 181 g/mol. The lowest BCUT2D eigenvalue weighted by Gasteiger charge is -1.96. The molecule has 0 aliphatic heterocycles. The van der Waals surface area contributed by atoms with Crippen molar-refractivity contribution in [3.8, 4) is 0 Å². The van der Waals surface area contributed by atoms with Crippen molar-refractivity contribution in [3.63, 3.8) is 0 Å². The summed E-state index contributed by atoms with van der Waals surface area (Å²) in [5.74, 6) is 0. The first kappa shape index (κ1) is 9.29. The van der Waals surface area contributed by atoms with Gasteiger partial charge in [0.05, 0.1) is 0 Å². The molecule has 0 fully saturated rings. The number of rotatable bonds is 3. The van der Waals surface area contributed by atoms with E-state index in [1.54, 1.807) is 0 Å². The van der Waals surface area contributed by atoms with E-state index in [4.69, 9.17) is 16.2 Å². The van der Waals surface area contributed by atoms with Crippen LogP contribution >= 0.6 is 10.7 Å². The number of nitrogens with zero attached hydrogens (tertiary/aromatic N) is 3. The maximum atomic E-state index is 10.4. The Hall–Kier alpha value is -0.710. The minimum Gasteiger partial charge on any atom is -0.211 e. The molecule has 0 radical (unpaired) electrons. The summed E-state index contributed by atoms with van der Waals surface area (Å²) in [6.07, 6.45) is 0.946. The molecule has 1 atom stereocenters. The van der Waals surface area contributed by atoms with Crippen molar-refractivity contribution in [3.05, 3.63) is 23.1 Å². The number of hydrogen-bond donors (Lipinski definition) is 0. The van der Waals surface area contributed by atoms with E-state index in [2.05, 4.69) is 16.6 Å². The van der Waals surface area contributed by atoms with Gasteiger partial charge in [-0.3, -0.25) is 0 Å². The molecular weight excluding hydrogens is 178 g/mol. The van der Waals surface area contributed by atoms with E-state index in [0.29, 0.717) is 0 Å². The van der Waals surface area contributed by atoms with E-state index >= 15 is 0 Å². The van der Waals surface area contributed by atoms with Gasteiger partial charge in [-0.25, -0.2) is 8.42 Å².